The molecule has 0 unspecified atom stereocenters. The SMILES string of the molecule is O=C(CSc1cccc(C(=O)Nc2ccc(O)c(C(=O)O)c2)c1)c1ccccc1. The fraction of sp³-hybridized carbons (Fsp3) is 0.0455. The zero-order valence-corrected chi connectivity index (χ0v) is 16.0. The number of hydrogen-bond donors (Lipinski definition) is 3. The molecule has 0 aliphatic carbocycles. The number of phenols is 1. The maximum absolute atomic E-state index is 12.5. The van der Waals surface area contributed by atoms with Gasteiger partial charge in [-0.25, -0.2) is 4.79 Å². The molecule has 0 radical (unpaired) electrons. The van der Waals surface area contributed by atoms with E-state index in [1.54, 1.807) is 30.3 Å². The molecule has 3 N–H and O–H groups in total. The minimum absolute atomic E-state index is 0.00394. The van der Waals surface area contributed by atoms with E-state index in [1.807, 2.05) is 24.3 Å². The molecule has 0 bridgehead atoms. The summed E-state index contributed by atoms with van der Waals surface area (Å²) in [4.78, 5) is 36.6. The predicted octanol–water partition coefficient (Wildman–Crippen LogP) is 4.32. The largest absolute Gasteiger partial charge is 0.507 e. The Morgan fingerprint density at radius 3 is 2.31 bits per heavy atom. The van der Waals surface area contributed by atoms with Crippen LogP contribution in [-0.4, -0.2) is 33.6 Å². The molecule has 1 amide bonds. The third-order valence-corrected chi connectivity index (χ3v) is 5.04. The van der Waals surface area contributed by atoms with E-state index in [9.17, 15) is 19.5 Å². The lowest BCUT2D eigenvalue weighted by atomic mass is 10.1. The van der Waals surface area contributed by atoms with E-state index in [4.69, 9.17) is 5.11 Å². The van der Waals surface area contributed by atoms with Gasteiger partial charge in [-0.15, -0.1) is 11.8 Å². The average molecular weight is 407 g/mol. The lowest BCUT2D eigenvalue weighted by Gasteiger charge is -2.08. The van der Waals surface area contributed by atoms with Crippen LogP contribution in [-0.2, 0) is 0 Å². The quantitative estimate of drug-likeness (QED) is 0.306. The zero-order valence-electron chi connectivity index (χ0n) is 15.2. The minimum atomic E-state index is -1.29. The second kappa shape index (κ2) is 9.07. The van der Waals surface area contributed by atoms with Gasteiger partial charge in [0.15, 0.2) is 5.78 Å². The number of hydrogen-bond acceptors (Lipinski definition) is 5. The molecule has 0 atom stereocenters. The van der Waals surface area contributed by atoms with Crippen molar-refractivity contribution in [2.45, 2.75) is 4.90 Å². The summed E-state index contributed by atoms with van der Waals surface area (Å²) < 4.78 is 0. The molecule has 0 fully saturated rings. The molecule has 0 spiro atoms. The summed E-state index contributed by atoms with van der Waals surface area (Å²) in [6, 6.07) is 19.6. The van der Waals surface area contributed by atoms with Crippen molar-refractivity contribution in [3.05, 3.63) is 89.5 Å². The van der Waals surface area contributed by atoms with Gasteiger partial charge in [-0.1, -0.05) is 36.4 Å². The maximum atomic E-state index is 12.5. The summed E-state index contributed by atoms with van der Waals surface area (Å²) in [7, 11) is 0. The molecular formula is C22H17NO5S. The molecule has 3 aromatic carbocycles. The first-order chi connectivity index (χ1) is 13.9. The van der Waals surface area contributed by atoms with Gasteiger partial charge >= 0.3 is 5.97 Å². The summed E-state index contributed by atoms with van der Waals surface area (Å²) in [5.41, 5.74) is 0.955. The molecule has 0 heterocycles. The van der Waals surface area contributed by atoms with Gasteiger partial charge in [0.25, 0.3) is 5.91 Å². The normalized spacial score (nSPS) is 10.3. The van der Waals surface area contributed by atoms with E-state index in [0.29, 0.717) is 11.1 Å². The van der Waals surface area contributed by atoms with Crippen LogP contribution in [0.1, 0.15) is 31.1 Å². The molecule has 0 saturated carbocycles. The van der Waals surface area contributed by atoms with Crippen LogP contribution in [0.3, 0.4) is 0 Å². The van der Waals surface area contributed by atoms with Gasteiger partial charge in [-0.3, -0.25) is 9.59 Å². The first kappa shape index (κ1) is 20.2. The highest BCUT2D eigenvalue weighted by Gasteiger charge is 2.13. The van der Waals surface area contributed by atoms with Gasteiger partial charge in [0.1, 0.15) is 11.3 Å². The number of benzene rings is 3. The second-order valence-electron chi connectivity index (χ2n) is 6.10. The van der Waals surface area contributed by atoms with Gasteiger partial charge in [0.2, 0.25) is 0 Å². The molecule has 6 nitrogen and oxygen atoms in total. The van der Waals surface area contributed by atoms with Crippen LogP contribution in [0.2, 0.25) is 0 Å². The van der Waals surface area contributed by atoms with Crippen molar-refractivity contribution in [3.8, 4) is 5.75 Å². The molecule has 3 rings (SSSR count). The molecule has 0 aliphatic rings. The van der Waals surface area contributed by atoms with Crippen molar-refractivity contribution < 1.29 is 24.6 Å². The molecular weight excluding hydrogens is 390 g/mol. The zero-order chi connectivity index (χ0) is 20.8. The Bertz CT molecular complexity index is 1070. The molecule has 0 aliphatic heterocycles. The first-order valence-corrected chi connectivity index (χ1v) is 9.61. The standard InChI is InChI=1S/C22H17NO5S/c24-19-10-9-16(12-18(19)22(27)28)23-21(26)15-7-4-8-17(11-15)29-13-20(25)14-5-2-1-3-6-14/h1-12,24H,13H2,(H,23,26)(H,27,28). The van der Waals surface area contributed by atoms with Crippen LogP contribution in [0.25, 0.3) is 0 Å². The number of thioether (sulfide) groups is 1. The van der Waals surface area contributed by atoms with Crippen LogP contribution in [0.5, 0.6) is 5.75 Å². The Morgan fingerprint density at radius 2 is 1.59 bits per heavy atom. The average Bonchev–Trinajstić information content (AvgIpc) is 2.74. The number of carboxylic acid groups (broad SMARTS) is 1. The van der Waals surface area contributed by atoms with Crippen LogP contribution >= 0.6 is 11.8 Å². The van der Waals surface area contributed by atoms with Gasteiger partial charge in [-0.2, -0.15) is 0 Å². The third kappa shape index (κ3) is 5.24. The lowest BCUT2D eigenvalue weighted by molar-refractivity contribution is 0.0693. The number of anilines is 1. The van der Waals surface area contributed by atoms with Crippen molar-refractivity contribution in [1.29, 1.82) is 0 Å². The number of carboxylic acids is 1. The summed E-state index contributed by atoms with van der Waals surface area (Å²) in [6.45, 7) is 0. The number of aromatic hydroxyl groups is 1. The van der Waals surface area contributed by atoms with Crippen molar-refractivity contribution >= 4 is 35.1 Å². The van der Waals surface area contributed by atoms with Gasteiger partial charge in [-0.05, 0) is 36.4 Å². The van der Waals surface area contributed by atoms with E-state index in [2.05, 4.69) is 5.32 Å². The van der Waals surface area contributed by atoms with Gasteiger partial charge in [0, 0.05) is 21.7 Å². The Labute approximate surface area is 171 Å². The highest BCUT2D eigenvalue weighted by atomic mass is 32.2. The van der Waals surface area contributed by atoms with Gasteiger partial charge < -0.3 is 15.5 Å². The van der Waals surface area contributed by atoms with Gasteiger partial charge in [0.05, 0.1) is 5.75 Å². The fourth-order valence-electron chi connectivity index (χ4n) is 2.57. The number of carbonyl (C=O) groups excluding carboxylic acids is 2. The topological polar surface area (TPSA) is 104 Å². The van der Waals surface area contributed by atoms with E-state index < -0.39 is 11.9 Å². The number of carbonyl (C=O) groups is 3. The third-order valence-electron chi connectivity index (χ3n) is 4.05. The lowest BCUT2D eigenvalue weighted by Crippen LogP contribution is -2.12. The monoisotopic (exact) mass is 407 g/mol. The maximum Gasteiger partial charge on any atom is 0.339 e. The summed E-state index contributed by atoms with van der Waals surface area (Å²) >= 11 is 1.33. The number of amides is 1. The molecule has 0 saturated heterocycles. The van der Waals surface area contributed by atoms with E-state index >= 15 is 0 Å². The van der Waals surface area contributed by atoms with Crippen LogP contribution in [0.4, 0.5) is 5.69 Å². The van der Waals surface area contributed by atoms with Crippen LogP contribution < -0.4 is 5.32 Å². The number of rotatable bonds is 7. The fourth-order valence-corrected chi connectivity index (χ4v) is 3.42. The summed E-state index contributed by atoms with van der Waals surface area (Å²) in [6.07, 6.45) is 0. The second-order valence-corrected chi connectivity index (χ2v) is 7.15. The Balaban J connectivity index is 1.67. The highest BCUT2D eigenvalue weighted by Crippen LogP contribution is 2.23. The van der Waals surface area contributed by atoms with E-state index in [1.165, 1.54) is 30.0 Å². The first-order valence-electron chi connectivity index (χ1n) is 8.63. The van der Waals surface area contributed by atoms with Crippen molar-refractivity contribution in [1.82, 2.24) is 0 Å². The summed E-state index contributed by atoms with van der Waals surface area (Å²) in [5, 5.41) is 21.2. The number of ketones is 1. The van der Waals surface area contributed by atoms with Crippen molar-refractivity contribution in [2.24, 2.45) is 0 Å². The molecule has 3 aromatic rings. The molecule has 7 heteroatoms. The van der Waals surface area contributed by atoms with Crippen molar-refractivity contribution in [2.75, 3.05) is 11.1 Å². The number of aromatic carboxylic acids is 1. The molecule has 0 aromatic heterocycles. The van der Waals surface area contributed by atoms with E-state index in [0.717, 1.165) is 4.90 Å². The highest BCUT2D eigenvalue weighted by molar-refractivity contribution is 8.00. The Hall–Kier alpha value is -3.58. The summed E-state index contributed by atoms with van der Waals surface area (Å²) in [5.74, 6) is -1.86. The minimum Gasteiger partial charge on any atom is -0.507 e. The molecule has 146 valence electrons. The van der Waals surface area contributed by atoms with Crippen LogP contribution in [0, 0.1) is 0 Å². The van der Waals surface area contributed by atoms with Crippen LogP contribution in [0.15, 0.2) is 77.7 Å². The number of nitrogens with one attached hydrogen (secondary N) is 1. The van der Waals surface area contributed by atoms with Crippen molar-refractivity contribution in [3.63, 3.8) is 0 Å². The Kier molecular flexibility index (Phi) is 6.31. The van der Waals surface area contributed by atoms with E-state index in [-0.39, 0.29) is 28.5 Å². The predicted molar refractivity (Wildman–Crippen MR) is 111 cm³/mol. The smallest absolute Gasteiger partial charge is 0.339 e. The molecule has 29 heavy (non-hydrogen) atoms. The number of Topliss-reactive ketones (excluding diaryl/α,β-unsaturated/α-hetero) is 1. The Morgan fingerprint density at radius 1 is 0.862 bits per heavy atom.